The Bertz CT molecular complexity index is 1310. The van der Waals surface area contributed by atoms with E-state index < -0.39 is 5.41 Å². The molecule has 0 saturated heterocycles. The van der Waals surface area contributed by atoms with Gasteiger partial charge in [-0.3, -0.25) is 4.98 Å². The first-order chi connectivity index (χ1) is 15.6. The number of pyridine rings is 2. The molecule has 6 rings (SSSR count). The number of nitrogens with zero attached hydrogens (tertiary/aromatic N) is 2. The molecule has 2 aliphatic carbocycles. The molecule has 3 aromatic heterocycles. The summed E-state index contributed by atoms with van der Waals surface area (Å²) in [5.41, 5.74) is 11.8. The number of nitrogens with one attached hydrogen (secondary N) is 2. The number of rotatable bonds is 5. The van der Waals surface area contributed by atoms with Gasteiger partial charge in [-0.2, -0.15) is 0 Å². The van der Waals surface area contributed by atoms with Crippen LogP contribution in [0.25, 0.3) is 33.1 Å². The molecule has 3 heterocycles. The van der Waals surface area contributed by atoms with Gasteiger partial charge < -0.3 is 20.8 Å². The molecule has 162 valence electrons. The van der Waals surface area contributed by atoms with E-state index in [1.54, 1.807) is 0 Å². The Balaban J connectivity index is 1.48. The van der Waals surface area contributed by atoms with Crippen molar-refractivity contribution in [1.82, 2.24) is 15.0 Å². The molecular formula is C26H27N5O. The van der Waals surface area contributed by atoms with Gasteiger partial charge in [0.2, 0.25) is 0 Å². The minimum Gasteiger partial charge on any atom is -0.381 e. The van der Waals surface area contributed by atoms with Gasteiger partial charge in [0.15, 0.2) is 0 Å². The molecule has 0 radical (unpaired) electrons. The molecule has 2 aliphatic rings. The molecule has 1 aromatic carbocycles. The molecule has 6 heteroatoms. The topological polar surface area (TPSA) is 96.7 Å². The predicted octanol–water partition coefficient (Wildman–Crippen LogP) is 4.69. The Morgan fingerprint density at radius 3 is 2.66 bits per heavy atom. The number of carbonyl (C=O) groups excluding carboxylic acids is 1. The summed E-state index contributed by atoms with van der Waals surface area (Å²) < 4.78 is 0. The van der Waals surface area contributed by atoms with Crippen molar-refractivity contribution in [2.75, 3.05) is 5.32 Å². The molecule has 0 bridgehead atoms. The van der Waals surface area contributed by atoms with Gasteiger partial charge in [0.1, 0.15) is 11.9 Å². The zero-order valence-corrected chi connectivity index (χ0v) is 18.0. The third-order valence-electron chi connectivity index (χ3n) is 7.27. The molecule has 0 atom stereocenters. The highest BCUT2D eigenvalue weighted by molar-refractivity contribution is 5.98. The zero-order valence-electron chi connectivity index (χ0n) is 18.0. The van der Waals surface area contributed by atoms with Crippen LogP contribution in [-0.2, 0) is 10.2 Å². The van der Waals surface area contributed by atoms with Crippen LogP contribution in [0.2, 0.25) is 0 Å². The number of anilines is 1. The summed E-state index contributed by atoms with van der Waals surface area (Å²) in [7, 11) is 0. The van der Waals surface area contributed by atoms with Crippen LogP contribution < -0.4 is 11.1 Å². The van der Waals surface area contributed by atoms with Crippen LogP contribution in [-0.4, -0.2) is 33.3 Å². The fourth-order valence-electron chi connectivity index (χ4n) is 5.06. The van der Waals surface area contributed by atoms with Crippen LogP contribution in [0.5, 0.6) is 0 Å². The minimum absolute atomic E-state index is 0.300. The van der Waals surface area contributed by atoms with Crippen LogP contribution >= 0.6 is 0 Å². The van der Waals surface area contributed by atoms with E-state index in [4.69, 9.17) is 10.7 Å². The van der Waals surface area contributed by atoms with Crippen LogP contribution in [0.4, 0.5) is 5.69 Å². The number of hydrogen-bond donors (Lipinski definition) is 3. The highest BCUT2D eigenvalue weighted by Gasteiger charge is 2.46. The largest absolute Gasteiger partial charge is 0.381 e. The number of aldehydes is 1. The van der Waals surface area contributed by atoms with Crippen molar-refractivity contribution in [2.45, 2.75) is 56.0 Å². The quantitative estimate of drug-likeness (QED) is 0.403. The van der Waals surface area contributed by atoms with Gasteiger partial charge in [0.05, 0.1) is 10.9 Å². The van der Waals surface area contributed by atoms with E-state index in [1.807, 2.05) is 24.7 Å². The van der Waals surface area contributed by atoms with Gasteiger partial charge in [-0.05, 0) is 68.4 Å². The Kier molecular flexibility index (Phi) is 4.50. The number of carbonyl (C=O) groups is 1. The van der Waals surface area contributed by atoms with Crippen molar-refractivity contribution in [3.8, 4) is 11.1 Å². The number of hydrogen-bond acceptors (Lipinski definition) is 5. The average Bonchev–Trinajstić information content (AvgIpc) is 3.48. The van der Waals surface area contributed by atoms with E-state index in [0.29, 0.717) is 12.1 Å². The van der Waals surface area contributed by atoms with Crippen molar-refractivity contribution < 1.29 is 4.79 Å². The summed E-state index contributed by atoms with van der Waals surface area (Å²) >= 11 is 0. The Morgan fingerprint density at radius 2 is 1.88 bits per heavy atom. The van der Waals surface area contributed by atoms with Crippen LogP contribution in [0, 0.1) is 0 Å². The van der Waals surface area contributed by atoms with E-state index in [0.717, 1.165) is 89.1 Å². The fraction of sp³-hybridized carbons (Fsp3) is 0.346. The molecule has 2 saturated carbocycles. The van der Waals surface area contributed by atoms with Crippen molar-refractivity contribution in [1.29, 1.82) is 0 Å². The lowest BCUT2D eigenvalue weighted by Crippen LogP contribution is -2.33. The van der Waals surface area contributed by atoms with Crippen LogP contribution in [0.1, 0.15) is 44.1 Å². The Labute approximate surface area is 186 Å². The van der Waals surface area contributed by atoms with Gasteiger partial charge >= 0.3 is 0 Å². The second-order valence-electron chi connectivity index (χ2n) is 9.45. The summed E-state index contributed by atoms with van der Waals surface area (Å²) in [5.74, 6) is 0. The molecule has 0 aliphatic heterocycles. The summed E-state index contributed by atoms with van der Waals surface area (Å²) in [4.78, 5) is 24.5. The minimum atomic E-state index is -0.393. The maximum absolute atomic E-state index is 12.0. The standard InChI is InChI=1S/C26H27N5O/c27-19-2-4-20(5-3-19)31-24-21-12-16(18-11-17-7-10-28-25(17)30-13-18)1-6-23(21)29-14-22(24)26(15-32)8-9-26/h1,6-7,10-15,19-20H,2-5,8-9,27H2,(H,28,30)(H,29,31)/t19-,20-. The number of aromatic amines is 1. The van der Waals surface area contributed by atoms with Crippen molar-refractivity contribution in [3.05, 3.63) is 54.5 Å². The normalized spacial score (nSPS) is 22.2. The van der Waals surface area contributed by atoms with Crippen molar-refractivity contribution in [2.24, 2.45) is 5.73 Å². The van der Waals surface area contributed by atoms with E-state index in [9.17, 15) is 4.79 Å². The molecule has 4 aromatic rings. The lowest BCUT2D eigenvalue weighted by atomic mass is 9.89. The molecule has 4 N–H and O–H groups in total. The first kappa shape index (κ1) is 19.4. The maximum atomic E-state index is 12.0. The number of aromatic nitrogens is 3. The third kappa shape index (κ3) is 3.26. The van der Waals surface area contributed by atoms with Gasteiger partial charge in [0, 0.05) is 58.3 Å². The van der Waals surface area contributed by atoms with Gasteiger partial charge in [-0.1, -0.05) is 6.07 Å². The molecule has 2 fully saturated rings. The lowest BCUT2D eigenvalue weighted by molar-refractivity contribution is -0.109. The van der Waals surface area contributed by atoms with E-state index >= 15 is 0 Å². The summed E-state index contributed by atoms with van der Waals surface area (Å²) in [6, 6.07) is 11.2. The Morgan fingerprint density at radius 1 is 1.03 bits per heavy atom. The average molecular weight is 426 g/mol. The van der Waals surface area contributed by atoms with Crippen molar-refractivity contribution >= 4 is 33.9 Å². The molecule has 0 amide bonds. The van der Waals surface area contributed by atoms with Gasteiger partial charge in [-0.25, -0.2) is 4.98 Å². The maximum Gasteiger partial charge on any atom is 0.137 e. The molecule has 0 unspecified atom stereocenters. The second kappa shape index (κ2) is 7.41. The monoisotopic (exact) mass is 425 g/mol. The van der Waals surface area contributed by atoms with Crippen LogP contribution in [0.15, 0.2) is 48.9 Å². The number of benzene rings is 1. The first-order valence-electron chi connectivity index (χ1n) is 11.5. The molecule has 0 spiro atoms. The Hall–Kier alpha value is -3.25. The van der Waals surface area contributed by atoms with Gasteiger partial charge in [0.25, 0.3) is 0 Å². The highest BCUT2D eigenvalue weighted by atomic mass is 16.1. The summed E-state index contributed by atoms with van der Waals surface area (Å²) in [6.07, 6.45) is 12.8. The smallest absolute Gasteiger partial charge is 0.137 e. The van der Waals surface area contributed by atoms with E-state index in [1.165, 1.54) is 0 Å². The summed E-state index contributed by atoms with van der Waals surface area (Å²) in [5, 5.41) is 5.98. The fourth-order valence-corrected chi connectivity index (χ4v) is 5.06. The number of H-pyrrole nitrogens is 1. The first-order valence-corrected chi connectivity index (χ1v) is 11.5. The second-order valence-corrected chi connectivity index (χ2v) is 9.45. The molecule has 6 nitrogen and oxygen atoms in total. The SMILES string of the molecule is N[C@H]1CC[C@H](Nc2c(C3(C=O)CC3)cnc3ccc(-c4cnc5[nH]ccc5c4)cc23)CC1. The van der Waals surface area contributed by atoms with Crippen LogP contribution in [0.3, 0.4) is 0 Å². The van der Waals surface area contributed by atoms with Gasteiger partial charge in [-0.15, -0.1) is 0 Å². The van der Waals surface area contributed by atoms with E-state index in [2.05, 4.69) is 39.6 Å². The van der Waals surface area contributed by atoms with Crippen molar-refractivity contribution in [3.63, 3.8) is 0 Å². The lowest BCUT2D eigenvalue weighted by Gasteiger charge is -2.29. The predicted molar refractivity (Wildman–Crippen MR) is 128 cm³/mol. The molecular weight excluding hydrogens is 398 g/mol. The van der Waals surface area contributed by atoms with E-state index in [-0.39, 0.29) is 0 Å². The zero-order chi connectivity index (χ0) is 21.7. The number of nitrogens with two attached hydrogens (primary N) is 1. The summed E-state index contributed by atoms with van der Waals surface area (Å²) in [6.45, 7) is 0. The third-order valence-corrected chi connectivity index (χ3v) is 7.27. The highest BCUT2D eigenvalue weighted by Crippen LogP contribution is 2.50. The number of fused-ring (bicyclic) bond motifs is 2. The molecule has 32 heavy (non-hydrogen) atoms.